The topological polar surface area (TPSA) is 78.8 Å². The predicted octanol–water partition coefficient (Wildman–Crippen LogP) is 2.20. The van der Waals surface area contributed by atoms with Crippen LogP contribution in [0.4, 0.5) is 5.82 Å². The third-order valence-corrected chi connectivity index (χ3v) is 6.32. The number of anilines is 1. The maximum Gasteiger partial charge on any atom is 0.232 e. The van der Waals surface area contributed by atoms with Crippen molar-refractivity contribution in [1.82, 2.24) is 14.9 Å². The zero-order chi connectivity index (χ0) is 20.4. The van der Waals surface area contributed by atoms with E-state index in [1.807, 2.05) is 35.7 Å². The molecule has 3 aromatic rings. The van der Waals surface area contributed by atoms with Gasteiger partial charge in [-0.05, 0) is 35.6 Å². The number of benzene rings is 1. The lowest BCUT2D eigenvalue weighted by Crippen LogP contribution is -2.65. The monoisotopic (exact) mass is 412 g/mol. The van der Waals surface area contributed by atoms with Crippen LogP contribution in [0.1, 0.15) is 5.56 Å². The molecule has 1 N–H and O–H groups in total. The largest absolute Gasteiger partial charge is 0.497 e. The molecule has 0 aliphatic carbocycles. The summed E-state index contributed by atoms with van der Waals surface area (Å²) in [6.45, 7) is 1.41. The molecule has 8 heteroatoms. The van der Waals surface area contributed by atoms with Crippen LogP contribution in [0.5, 0.6) is 5.75 Å². The van der Waals surface area contributed by atoms with Gasteiger partial charge in [-0.15, -0.1) is 11.3 Å². The summed E-state index contributed by atoms with van der Waals surface area (Å²) in [5, 5.41) is 11.3. The van der Waals surface area contributed by atoms with Crippen LogP contribution in [0, 0.1) is 5.41 Å². The summed E-state index contributed by atoms with van der Waals surface area (Å²) in [6, 6.07) is 9.83. The van der Waals surface area contributed by atoms with Crippen LogP contribution >= 0.6 is 11.3 Å². The molecule has 3 heterocycles. The third-order valence-electron chi connectivity index (χ3n) is 5.42. The second kappa shape index (κ2) is 7.96. The highest BCUT2D eigenvalue weighted by Crippen LogP contribution is 2.41. The van der Waals surface area contributed by atoms with E-state index in [9.17, 15) is 9.90 Å². The molecule has 1 aromatic carbocycles. The van der Waals surface area contributed by atoms with E-state index < -0.39 is 5.41 Å². The molecule has 1 fully saturated rings. The highest BCUT2D eigenvalue weighted by atomic mass is 32.1. The van der Waals surface area contributed by atoms with E-state index in [-0.39, 0.29) is 12.5 Å². The highest BCUT2D eigenvalue weighted by Gasteiger charge is 2.51. The van der Waals surface area contributed by atoms with E-state index in [1.54, 1.807) is 36.7 Å². The molecular weight excluding hydrogens is 388 g/mol. The third kappa shape index (κ3) is 3.65. The first-order valence-corrected chi connectivity index (χ1v) is 10.4. The summed E-state index contributed by atoms with van der Waals surface area (Å²) in [5.41, 5.74) is 1.41. The van der Waals surface area contributed by atoms with E-state index in [4.69, 9.17) is 4.74 Å². The number of nitrogens with zero attached hydrogens (tertiary/aromatic N) is 4. The Morgan fingerprint density at radius 1 is 1.34 bits per heavy atom. The molecule has 0 spiro atoms. The SMILES string of the molecule is COc1cccc(CC2(C(=O)N(C)CCO)CN(c3ncnc4ccsc34)C2)c1. The maximum absolute atomic E-state index is 13.3. The Morgan fingerprint density at radius 2 is 2.17 bits per heavy atom. The number of hydrogen-bond donors (Lipinski definition) is 1. The minimum atomic E-state index is -0.565. The molecule has 1 aliphatic heterocycles. The standard InChI is InChI=1S/C21H24N4O3S/c1-24(7-8-26)20(27)21(11-15-4-3-5-16(10-15)28-2)12-25(13-21)19-18-17(6-9-29-18)22-14-23-19/h3-6,9-10,14,26H,7-8,11-13H2,1-2H3. The zero-order valence-corrected chi connectivity index (χ0v) is 17.4. The zero-order valence-electron chi connectivity index (χ0n) is 16.5. The van der Waals surface area contributed by atoms with Gasteiger partial charge in [0.15, 0.2) is 0 Å². The number of aliphatic hydroxyl groups is 1. The Balaban J connectivity index is 1.62. The van der Waals surface area contributed by atoms with Crippen molar-refractivity contribution in [2.45, 2.75) is 6.42 Å². The van der Waals surface area contributed by atoms with Gasteiger partial charge in [-0.1, -0.05) is 12.1 Å². The number of carbonyl (C=O) groups excluding carboxylic acids is 1. The van der Waals surface area contributed by atoms with Crippen LogP contribution in [0.3, 0.4) is 0 Å². The van der Waals surface area contributed by atoms with Crippen LogP contribution in [0.2, 0.25) is 0 Å². The number of aliphatic hydroxyl groups excluding tert-OH is 1. The van der Waals surface area contributed by atoms with Gasteiger partial charge in [0, 0.05) is 26.7 Å². The molecule has 0 unspecified atom stereocenters. The van der Waals surface area contributed by atoms with Gasteiger partial charge in [-0.25, -0.2) is 9.97 Å². The Morgan fingerprint density at radius 3 is 2.93 bits per heavy atom. The Labute approximate surface area is 173 Å². The molecular formula is C21H24N4O3S. The summed E-state index contributed by atoms with van der Waals surface area (Å²) in [4.78, 5) is 25.9. The van der Waals surface area contributed by atoms with Gasteiger partial charge in [-0.3, -0.25) is 4.79 Å². The van der Waals surface area contributed by atoms with Gasteiger partial charge in [0.05, 0.1) is 29.3 Å². The lowest BCUT2D eigenvalue weighted by atomic mass is 9.73. The van der Waals surface area contributed by atoms with Crippen molar-refractivity contribution in [3.63, 3.8) is 0 Å². The average Bonchev–Trinajstić information content (AvgIpc) is 3.19. The van der Waals surface area contributed by atoms with Crippen molar-refractivity contribution < 1.29 is 14.6 Å². The fourth-order valence-electron chi connectivity index (χ4n) is 3.99. The number of carbonyl (C=O) groups is 1. The van der Waals surface area contributed by atoms with E-state index in [1.165, 1.54) is 0 Å². The van der Waals surface area contributed by atoms with Gasteiger partial charge in [0.1, 0.15) is 17.9 Å². The van der Waals surface area contributed by atoms with Gasteiger partial charge < -0.3 is 19.6 Å². The minimum absolute atomic E-state index is 0.0436. The van der Waals surface area contributed by atoms with Crippen molar-refractivity contribution in [3.05, 3.63) is 47.6 Å². The number of likely N-dealkylation sites (N-methyl/N-ethyl adjacent to an activating group) is 1. The smallest absolute Gasteiger partial charge is 0.232 e. The molecule has 7 nitrogen and oxygen atoms in total. The lowest BCUT2D eigenvalue weighted by Gasteiger charge is -2.51. The second-order valence-electron chi connectivity index (χ2n) is 7.45. The first-order chi connectivity index (χ1) is 14.1. The fraction of sp³-hybridized carbons (Fsp3) is 0.381. The summed E-state index contributed by atoms with van der Waals surface area (Å²) in [7, 11) is 3.39. The number of methoxy groups -OCH3 is 1. The molecule has 1 saturated heterocycles. The Kier molecular flexibility index (Phi) is 5.38. The number of ether oxygens (including phenoxy) is 1. The molecule has 0 atom stereocenters. The molecule has 1 aliphatic rings. The van der Waals surface area contributed by atoms with Crippen molar-refractivity contribution in [2.24, 2.45) is 5.41 Å². The molecule has 152 valence electrons. The van der Waals surface area contributed by atoms with Crippen molar-refractivity contribution in [2.75, 3.05) is 45.3 Å². The number of rotatable bonds is 7. The Hall–Kier alpha value is -2.71. The van der Waals surface area contributed by atoms with E-state index in [0.717, 1.165) is 27.3 Å². The van der Waals surface area contributed by atoms with E-state index >= 15 is 0 Å². The van der Waals surface area contributed by atoms with Crippen LogP contribution in [-0.4, -0.2) is 66.3 Å². The molecule has 29 heavy (non-hydrogen) atoms. The van der Waals surface area contributed by atoms with Crippen molar-refractivity contribution in [1.29, 1.82) is 0 Å². The molecule has 1 amide bonds. The van der Waals surface area contributed by atoms with Crippen molar-refractivity contribution in [3.8, 4) is 5.75 Å². The molecule has 2 aromatic heterocycles. The average molecular weight is 413 g/mol. The molecule has 0 radical (unpaired) electrons. The Bertz CT molecular complexity index is 1020. The van der Waals surface area contributed by atoms with Gasteiger partial charge in [0.25, 0.3) is 0 Å². The number of hydrogen-bond acceptors (Lipinski definition) is 7. The number of aromatic nitrogens is 2. The summed E-state index contributed by atoms with van der Waals surface area (Å²) in [5.74, 6) is 1.70. The van der Waals surface area contributed by atoms with Crippen LogP contribution in [0.15, 0.2) is 42.0 Å². The number of fused-ring (bicyclic) bond motifs is 1. The summed E-state index contributed by atoms with van der Waals surface area (Å²) in [6.07, 6.45) is 2.18. The van der Waals surface area contributed by atoms with Crippen molar-refractivity contribution >= 4 is 33.3 Å². The van der Waals surface area contributed by atoms with Crippen LogP contribution < -0.4 is 9.64 Å². The van der Waals surface area contributed by atoms with Crippen LogP contribution in [0.25, 0.3) is 10.2 Å². The highest BCUT2D eigenvalue weighted by molar-refractivity contribution is 7.17. The van der Waals surface area contributed by atoms with Gasteiger partial charge >= 0.3 is 0 Å². The normalized spacial score (nSPS) is 15.2. The summed E-state index contributed by atoms with van der Waals surface area (Å²) < 4.78 is 6.38. The number of amides is 1. The van der Waals surface area contributed by atoms with Gasteiger partial charge in [-0.2, -0.15) is 0 Å². The first-order valence-electron chi connectivity index (χ1n) is 9.49. The van der Waals surface area contributed by atoms with Gasteiger partial charge in [0.2, 0.25) is 5.91 Å². The first kappa shape index (κ1) is 19.6. The van der Waals surface area contributed by atoms with E-state index in [0.29, 0.717) is 26.1 Å². The quantitative estimate of drug-likeness (QED) is 0.641. The molecule has 0 bridgehead atoms. The molecule has 4 rings (SSSR count). The lowest BCUT2D eigenvalue weighted by molar-refractivity contribution is -0.143. The fourth-order valence-corrected chi connectivity index (χ4v) is 4.85. The van der Waals surface area contributed by atoms with E-state index in [2.05, 4.69) is 14.9 Å². The summed E-state index contributed by atoms with van der Waals surface area (Å²) >= 11 is 1.61. The number of thiophene rings is 1. The predicted molar refractivity (Wildman–Crippen MR) is 113 cm³/mol. The second-order valence-corrected chi connectivity index (χ2v) is 8.36. The molecule has 0 saturated carbocycles. The minimum Gasteiger partial charge on any atom is -0.497 e. The maximum atomic E-state index is 13.3. The van der Waals surface area contributed by atoms with Crippen LogP contribution in [-0.2, 0) is 11.2 Å².